The minimum Gasteiger partial charge on any atom is -0.494 e. The number of imidazole rings is 1. The lowest BCUT2D eigenvalue weighted by Gasteiger charge is -2.12. The maximum Gasteiger partial charge on any atom is 0.240 e. The zero-order valence-corrected chi connectivity index (χ0v) is 22.2. The highest BCUT2D eigenvalue weighted by molar-refractivity contribution is 7.89. The predicted molar refractivity (Wildman–Crippen MR) is 142 cm³/mol. The Morgan fingerprint density at radius 1 is 1.11 bits per heavy atom. The fraction of sp³-hybridized carbons (Fsp3) is 0.250. The Hall–Kier alpha value is -3.36. The van der Waals surface area contributed by atoms with E-state index in [4.69, 9.17) is 15.2 Å². The van der Waals surface area contributed by atoms with E-state index in [2.05, 4.69) is 20.0 Å². The van der Waals surface area contributed by atoms with Crippen LogP contribution in [0.15, 0.2) is 53.8 Å². The summed E-state index contributed by atoms with van der Waals surface area (Å²) in [5, 5.41) is 3.11. The lowest BCUT2D eigenvalue weighted by molar-refractivity contribution is 0.147. The zero-order valence-electron chi connectivity index (χ0n) is 20.6. The second kappa shape index (κ2) is 12.5. The van der Waals surface area contributed by atoms with Crippen LogP contribution in [0, 0.1) is 18.6 Å². The summed E-state index contributed by atoms with van der Waals surface area (Å²) in [6.45, 7) is 2.72. The molecule has 2 aromatic carbocycles. The summed E-state index contributed by atoms with van der Waals surface area (Å²) in [5.74, 6) is -2.01. The predicted octanol–water partition coefficient (Wildman–Crippen LogP) is 3.41. The van der Waals surface area contributed by atoms with Crippen LogP contribution in [0.4, 0.5) is 20.3 Å². The van der Waals surface area contributed by atoms with Crippen molar-refractivity contribution in [3.05, 3.63) is 66.1 Å². The number of hydrogen-bond donors (Lipinski definition) is 3. The van der Waals surface area contributed by atoms with Crippen LogP contribution in [0.25, 0.3) is 16.9 Å². The van der Waals surface area contributed by atoms with Crippen molar-refractivity contribution in [2.45, 2.75) is 11.8 Å². The van der Waals surface area contributed by atoms with Crippen LogP contribution >= 0.6 is 12.4 Å². The molecule has 4 N–H and O–H groups in total. The van der Waals surface area contributed by atoms with Gasteiger partial charge in [-0.2, -0.15) is 4.39 Å². The molecule has 0 aliphatic carbocycles. The van der Waals surface area contributed by atoms with Gasteiger partial charge in [0, 0.05) is 36.7 Å². The first-order chi connectivity index (χ1) is 17.8. The smallest absolute Gasteiger partial charge is 0.240 e. The SMILES string of the molecule is COc1ccc(-c2cnc3c(Nc4ccc(S(=O)(=O)NCCOCCN)c(C)c4)nccn23)c(F)c1F.Cl. The normalized spacial score (nSPS) is 11.4. The number of halogens is 3. The molecule has 14 heteroatoms. The molecule has 2 heterocycles. The minimum absolute atomic E-state index is 0. The van der Waals surface area contributed by atoms with E-state index in [9.17, 15) is 17.2 Å². The molecule has 0 bridgehead atoms. The molecule has 10 nitrogen and oxygen atoms in total. The number of fused-ring (bicyclic) bond motifs is 1. The highest BCUT2D eigenvalue weighted by Crippen LogP contribution is 2.31. The lowest BCUT2D eigenvalue weighted by Crippen LogP contribution is -2.28. The number of nitrogens with one attached hydrogen (secondary N) is 2. The molecule has 0 aliphatic rings. The first-order valence-electron chi connectivity index (χ1n) is 11.3. The van der Waals surface area contributed by atoms with Gasteiger partial charge >= 0.3 is 0 Å². The average molecular weight is 569 g/mol. The van der Waals surface area contributed by atoms with Gasteiger partial charge in [-0.05, 0) is 42.8 Å². The van der Waals surface area contributed by atoms with E-state index >= 15 is 0 Å². The summed E-state index contributed by atoms with van der Waals surface area (Å²) in [6.07, 6.45) is 4.48. The van der Waals surface area contributed by atoms with Gasteiger partial charge in [-0.3, -0.25) is 4.40 Å². The van der Waals surface area contributed by atoms with Crippen molar-refractivity contribution in [3.8, 4) is 17.0 Å². The summed E-state index contributed by atoms with van der Waals surface area (Å²) in [4.78, 5) is 8.77. The van der Waals surface area contributed by atoms with E-state index in [0.717, 1.165) is 0 Å². The van der Waals surface area contributed by atoms with Gasteiger partial charge in [-0.25, -0.2) is 27.5 Å². The van der Waals surface area contributed by atoms with Crippen molar-refractivity contribution < 1.29 is 26.7 Å². The number of sulfonamides is 1. The Morgan fingerprint density at radius 2 is 1.89 bits per heavy atom. The molecule has 4 rings (SSSR count). The van der Waals surface area contributed by atoms with Gasteiger partial charge in [0.1, 0.15) is 0 Å². The summed E-state index contributed by atoms with van der Waals surface area (Å²) in [6, 6.07) is 7.49. The molecular formula is C24H27ClF2N6O4S. The molecule has 0 atom stereocenters. The van der Waals surface area contributed by atoms with Gasteiger partial charge in [-0.1, -0.05) is 0 Å². The molecule has 4 aromatic rings. The first-order valence-corrected chi connectivity index (χ1v) is 12.7. The number of nitrogens with two attached hydrogens (primary N) is 1. The first kappa shape index (κ1) is 29.2. The van der Waals surface area contributed by atoms with E-state index in [0.29, 0.717) is 41.6 Å². The van der Waals surface area contributed by atoms with E-state index in [-0.39, 0.29) is 41.8 Å². The molecule has 0 saturated carbocycles. The van der Waals surface area contributed by atoms with Gasteiger partial charge in [0.05, 0.1) is 37.1 Å². The Kier molecular flexibility index (Phi) is 9.57. The maximum atomic E-state index is 14.7. The molecule has 0 amide bonds. The Balaban J connectivity index is 0.00000400. The van der Waals surface area contributed by atoms with Crippen LogP contribution < -0.4 is 20.5 Å². The Bertz CT molecular complexity index is 1530. The fourth-order valence-corrected chi connectivity index (χ4v) is 5.01. The molecule has 0 fully saturated rings. The van der Waals surface area contributed by atoms with Crippen molar-refractivity contribution in [2.24, 2.45) is 5.73 Å². The van der Waals surface area contributed by atoms with E-state index < -0.39 is 21.7 Å². The van der Waals surface area contributed by atoms with Crippen molar-refractivity contribution in [2.75, 3.05) is 38.7 Å². The minimum atomic E-state index is -3.74. The molecule has 0 spiro atoms. The molecule has 0 unspecified atom stereocenters. The quantitative estimate of drug-likeness (QED) is 0.234. The van der Waals surface area contributed by atoms with E-state index in [1.165, 1.54) is 37.7 Å². The van der Waals surface area contributed by atoms with Gasteiger partial charge in [0.2, 0.25) is 15.8 Å². The number of benzene rings is 2. The summed E-state index contributed by atoms with van der Waals surface area (Å²) < 4.78 is 68.4. The summed E-state index contributed by atoms with van der Waals surface area (Å²) in [5.41, 5.74) is 7.10. The number of methoxy groups -OCH3 is 1. The number of nitrogens with zero attached hydrogens (tertiary/aromatic N) is 3. The third kappa shape index (κ3) is 6.03. The van der Waals surface area contributed by atoms with Crippen LogP contribution in [0.2, 0.25) is 0 Å². The number of aromatic nitrogens is 3. The van der Waals surface area contributed by atoms with Crippen molar-refractivity contribution in [1.29, 1.82) is 0 Å². The highest BCUT2D eigenvalue weighted by Gasteiger charge is 2.20. The van der Waals surface area contributed by atoms with Gasteiger partial charge in [-0.15, -0.1) is 12.4 Å². The van der Waals surface area contributed by atoms with Crippen molar-refractivity contribution >= 4 is 39.6 Å². The van der Waals surface area contributed by atoms with Gasteiger partial charge in [0.15, 0.2) is 23.0 Å². The van der Waals surface area contributed by atoms with Crippen molar-refractivity contribution in [3.63, 3.8) is 0 Å². The molecular weight excluding hydrogens is 542 g/mol. The van der Waals surface area contributed by atoms with Crippen LogP contribution in [-0.2, 0) is 14.8 Å². The molecule has 0 aliphatic heterocycles. The van der Waals surface area contributed by atoms with E-state index in [1.807, 2.05) is 0 Å². The largest absolute Gasteiger partial charge is 0.494 e. The van der Waals surface area contributed by atoms with Gasteiger partial charge in [0.25, 0.3) is 0 Å². The number of rotatable bonds is 11. The number of anilines is 2. The molecule has 2 aromatic heterocycles. The molecule has 0 radical (unpaired) electrons. The monoisotopic (exact) mass is 568 g/mol. The fourth-order valence-electron chi connectivity index (χ4n) is 3.77. The highest BCUT2D eigenvalue weighted by atomic mass is 35.5. The third-order valence-electron chi connectivity index (χ3n) is 5.50. The Labute approximate surface area is 224 Å². The number of aryl methyl sites for hydroxylation is 1. The van der Waals surface area contributed by atoms with Gasteiger partial charge < -0.3 is 20.5 Å². The lowest BCUT2D eigenvalue weighted by atomic mass is 10.1. The zero-order chi connectivity index (χ0) is 26.6. The molecule has 204 valence electrons. The van der Waals surface area contributed by atoms with Crippen LogP contribution in [0.1, 0.15) is 5.56 Å². The maximum absolute atomic E-state index is 14.7. The van der Waals surface area contributed by atoms with E-state index in [1.54, 1.807) is 29.7 Å². The molecule has 0 saturated heterocycles. The topological polar surface area (TPSA) is 133 Å². The summed E-state index contributed by atoms with van der Waals surface area (Å²) in [7, 11) is -2.48. The number of ether oxygens (including phenoxy) is 2. The average Bonchev–Trinajstić information content (AvgIpc) is 3.30. The van der Waals surface area contributed by atoms with Crippen LogP contribution in [0.3, 0.4) is 0 Å². The third-order valence-corrected chi connectivity index (χ3v) is 7.12. The van der Waals surface area contributed by atoms with Crippen LogP contribution in [0.5, 0.6) is 5.75 Å². The Morgan fingerprint density at radius 3 is 2.61 bits per heavy atom. The molecule has 38 heavy (non-hydrogen) atoms. The second-order valence-electron chi connectivity index (χ2n) is 7.96. The standard InChI is InChI=1S/C24H26F2N6O4S.ClH/c1-15-13-16(3-6-20(15)37(33,34)30-9-12-36-11-7-27)31-23-24-29-14-18(32(24)10-8-28-23)17-4-5-19(35-2)22(26)21(17)25;/h3-6,8,10,13-14,30H,7,9,11-12,27H2,1-2H3,(H,28,31);1H. The second-order valence-corrected chi connectivity index (χ2v) is 9.70. The van der Waals surface area contributed by atoms with Crippen LogP contribution in [-0.4, -0.2) is 56.2 Å². The number of hydrogen-bond acceptors (Lipinski definition) is 8. The van der Waals surface area contributed by atoms with Crippen molar-refractivity contribution in [1.82, 2.24) is 19.1 Å². The summed E-state index contributed by atoms with van der Waals surface area (Å²) >= 11 is 0.